The monoisotopic (exact) mass is 1030 g/mol. The Balaban J connectivity index is 0.000000208. The van der Waals surface area contributed by atoms with Gasteiger partial charge in [-0.2, -0.15) is 0 Å². The van der Waals surface area contributed by atoms with E-state index in [9.17, 15) is 0 Å². The van der Waals surface area contributed by atoms with E-state index >= 15 is 0 Å². The van der Waals surface area contributed by atoms with Crippen molar-refractivity contribution in [2.24, 2.45) is 10.9 Å². The fraction of sp³-hybridized carbons (Fsp3) is 0.143. The minimum absolute atomic E-state index is 0. The van der Waals surface area contributed by atoms with Crippen molar-refractivity contribution in [2.45, 2.75) is 43.5 Å². The smallest absolute Gasteiger partial charge is 0.120 e. The molecule has 0 N–H and O–H groups in total. The summed E-state index contributed by atoms with van der Waals surface area (Å²) < 4.78 is 8.00. The van der Waals surface area contributed by atoms with Crippen molar-refractivity contribution >= 4 is 51.0 Å². The van der Waals surface area contributed by atoms with Crippen LogP contribution in [0.1, 0.15) is 42.0 Å². The van der Waals surface area contributed by atoms with Crippen molar-refractivity contribution in [3.63, 3.8) is 0 Å². The van der Waals surface area contributed by atoms with E-state index in [1.807, 2.05) is 36.4 Å². The van der Waals surface area contributed by atoms with Gasteiger partial charge in [0, 0.05) is 31.4 Å². The van der Waals surface area contributed by atoms with Crippen LogP contribution in [-0.4, -0.2) is 24.0 Å². The SMILES string of the molecule is CC(C)Cc1cc(-c2[c-]cccc2)nc[c]1[Ge]([CH3])([CH3])[CH3].[Ir].[c-]1ccc2c(oc3ccccc32)c1C1=Nc2ccccc2C1c1ccc(-c2ccccc2)cc1-c1ccccc1. The maximum atomic E-state index is 6.46. The molecule has 0 spiro atoms. The number of hydrogen-bond donors (Lipinski definition) is 0. The maximum absolute atomic E-state index is 6.46. The number of furan rings is 1. The minimum Gasteiger partial charge on any atom is -0.501 e. The van der Waals surface area contributed by atoms with Crippen LogP contribution < -0.4 is 4.40 Å². The Kier molecular flexibility index (Phi) is 12.5. The predicted octanol–water partition coefficient (Wildman–Crippen LogP) is 14.3. The zero-order valence-corrected chi connectivity index (χ0v) is 39.7. The third kappa shape index (κ3) is 8.77. The summed E-state index contributed by atoms with van der Waals surface area (Å²) >= 11 is -1.86. The van der Waals surface area contributed by atoms with E-state index in [0.717, 1.165) is 56.6 Å². The standard InChI is InChI=1S/C38H24NO.C18H24GeN.Ir/c1-3-12-25(13-4-1)27-22-23-29(33(24-27)26-14-5-2-6-15-26)36-31-17-7-9-20-34(31)39-37(36)32-19-11-18-30-28-16-8-10-21-35(28)40-38(30)32;1-14(2)11-16-12-18(15-9-7-6-8-10-15)20-13-17(16)19(3,4)5;/h1-18,20-24,36H;6-9,12-14H,11H2,1-5H3;/q2*-1;. The van der Waals surface area contributed by atoms with E-state index in [-0.39, 0.29) is 26.0 Å². The molecule has 61 heavy (non-hydrogen) atoms. The molecular formula is C56H48GeIrN2O-2. The molecule has 1 aliphatic rings. The first-order valence-corrected chi connectivity index (χ1v) is 28.3. The average Bonchev–Trinajstić information content (AvgIpc) is 3.86. The Morgan fingerprint density at radius 1 is 0.639 bits per heavy atom. The van der Waals surface area contributed by atoms with Crippen molar-refractivity contribution in [2.75, 3.05) is 0 Å². The fourth-order valence-corrected chi connectivity index (χ4v) is 11.9. The zero-order valence-electron chi connectivity index (χ0n) is 35.2. The van der Waals surface area contributed by atoms with Gasteiger partial charge in [-0.15, -0.1) is 18.2 Å². The van der Waals surface area contributed by atoms with Crippen LogP contribution in [0.5, 0.6) is 0 Å². The minimum atomic E-state index is -1.86. The van der Waals surface area contributed by atoms with E-state index in [1.165, 1.54) is 38.9 Å². The van der Waals surface area contributed by atoms with Crippen LogP contribution in [-0.2, 0) is 26.5 Å². The number of pyridine rings is 1. The number of para-hydroxylation sites is 2. The van der Waals surface area contributed by atoms with Crippen molar-refractivity contribution in [1.82, 2.24) is 4.98 Å². The third-order valence-electron chi connectivity index (χ3n) is 11.3. The van der Waals surface area contributed by atoms with Crippen molar-refractivity contribution in [3.05, 3.63) is 210 Å². The molecule has 303 valence electrons. The van der Waals surface area contributed by atoms with Crippen molar-refractivity contribution in [3.8, 4) is 33.5 Å². The van der Waals surface area contributed by atoms with Gasteiger partial charge in [-0.25, -0.2) is 0 Å². The average molecular weight is 1030 g/mol. The summed E-state index contributed by atoms with van der Waals surface area (Å²) in [5.41, 5.74) is 15.4. The van der Waals surface area contributed by atoms with Crippen LogP contribution in [0.3, 0.4) is 0 Å². The first-order chi connectivity index (χ1) is 29.2. The van der Waals surface area contributed by atoms with Gasteiger partial charge in [0.15, 0.2) is 0 Å². The van der Waals surface area contributed by atoms with Crippen LogP contribution >= 0.6 is 0 Å². The second-order valence-electron chi connectivity index (χ2n) is 17.1. The molecule has 0 aliphatic carbocycles. The molecule has 10 rings (SSSR count). The van der Waals surface area contributed by atoms with Gasteiger partial charge in [-0.3, -0.25) is 4.99 Å². The number of rotatable bonds is 8. The maximum Gasteiger partial charge on any atom is 0.120 e. The molecule has 0 saturated heterocycles. The van der Waals surface area contributed by atoms with Crippen molar-refractivity contribution in [1.29, 1.82) is 0 Å². The van der Waals surface area contributed by atoms with Crippen LogP contribution in [0.25, 0.3) is 55.4 Å². The molecule has 5 heteroatoms. The van der Waals surface area contributed by atoms with E-state index in [0.29, 0.717) is 5.92 Å². The van der Waals surface area contributed by atoms with Crippen molar-refractivity contribution < 1.29 is 24.5 Å². The summed E-state index contributed by atoms with van der Waals surface area (Å²) in [6.45, 7) is 4.57. The molecular weight excluding hydrogens is 981 g/mol. The van der Waals surface area contributed by atoms with Gasteiger partial charge in [0.2, 0.25) is 0 Å². The first-order valence-electron chi connectivity index (χ1n) is 20.9. The van der Waals surface area contributed by atoms with Crippen LogP contribution in [0.15, 0.2) is 185 Å². The number of aromatic nitrogens is 1. The molecule has 0 amide bonds. The van der Waals surface area contributed by atoms with Gasteiger partial charge in [0.25, 0.3) is 0 Å². The first kappa shape index (κ1) is 42.1. The summed E-state index contributed by atoms with van der Waals surface area (Å²) in [5.74, 6) is 7.93. The summed E-state index contributed by atoms with van der Waals surface area (Å²) in [6.07, 6.45) is 3.27. The molecule has 0 fully saturated rings. The Morgan fingerprint density at radius 2 is 1.34 bits per heavy atom. The molecule has 1 aliphatic heterocycles. The summed E-state index contributed by atoms with van der Waals surface area (Å²) in [5, 5.41) is 2.20. The van der Waals surface area contributed by atoms with Crippen LogP contribution in [0.2, 0.25) is 17.3 Å². The quantitative estimate of drug-likeness (QED) is 0.112. The number of hydrogen-bond acceptors (Lipinski definition) is 3. The molecule has 2 aromatic heterocycles. The Bertz CT molecular complexity index is 2970. The Labute approximate surface area is 376 Å². The van der Waals surface area contributed by atoms with Gasteiger partial charge in [0.05, 0.1) is 11.3 Å². The van der Waals surface area contributed by atoms with Crippen LogP contribution in [0, 0.1) is 18.1 Å². The second kappa shape index (κ2) is 18.1. The summed E-state index contributed by atoms with van der Waals surface area (Å²) in [7, 11) is 0. The normalized spacial score (nSPS) is 13.3. The molecule has 7 aromatic carbocycles. The van der Waals surface area contributed by atoms with Gasteiger partial charge < -0.3 is 4.42 Å². The Hall–Kier alpha value is -5.65. The van der Waals surface area contributed by atoms with E-state index in [2.05, 4.69) is 183 Å². The second-order valence-corrected chi connectivity index (χ2v) is 27.6. The molecule has 1 radical (unpaired) electrons. The van der Waals surface area contributed by atoms with E-state index in [4.69, 9.17) is 14.4 Å². The number of aliphatic imine (C=N–C) groups is 1. The number of fused-ring (bicyclic) bond motifs is 4. The summed E-state index contributed by atoms with van der Waals surface area (Å²) in [4.78, 5) is 9.94. The fourth-order valence-electron chi connectivity index (χ4n) is 8.54. The van der Waals surface area contributed by atoms with Crippen LogP contribution in [0.4, 0.5) is 5.69 Å². The van der Waals surface area contributed by atoms with Gasteiger partial charge >= 0.3 is 126 Å². The molecule has 1 atom stereocenters. The zero-order chi connectivity index (χ0) is 41.2. The molecule has 0 saturated carbocycles. The summed E-state index contributed by atoms with van der Waals surface area (Å²) in [6, 6.07) is 66.0. The largest absolute Gasteiger partial charge is 0.501 e. The molecule has 1 unspecified atom stereocenters. The molecule has 3 heterocycles. The number of nitrogens with zero attached hydrogens (tertiary/aromatic N) is 2. The Morgan fingerprint density at radius 3 is 2.08 bits per heavy atom. The third-order valence-corrected chi connectivity index (χ3v) is 15.7. The topological polar surface area (TPSA) is 38.4 Å². The molecule has 0 bridgehead atoms. The van der Waals surface area contributed by atoms with E-state index < -0.39 is 13.3 Å². The predicted molar refractivity (Wildman–Crippen MR) is 254 cm³/mol. The molecule has 9 aromatic rings. The molecule has 3 nitrogen and oxygen atoms in total. The van der Waals surface area contributed by atoms with Gasteiger partial charge in [-0.1, -0.05) is 120 Å². The number of benzene rings is 7. The van der Waals surface area contributed by atoms with Gasteiger partial charge in [0.1, 0.15) is 5.58 Å². The van der Waals surface area contributed by atoms with E-state index in [1.54, 1.807) is 4.40 Å². The van der Waals surface area contributed by atoms with Gasteiger partial charge in [-0.05, 0) is 57.3 Å².